The van der Waals surface area contributed by atoms with Gasteiger partial charge in [0.1, 0.15) is 17.9 Å². The summed E-state index contributed by atoms with van der Waals surface area (Å²) < 4.78 is 11.3. The highest BCUT2D eigenvalue weighted by atomic mass is 16.5. The summed E-state index contributed by atoms with van der Waals surface area (Å²) in [7, 11) is 0. The van der Waals surface area contributed by atoms with Crippen molar-refractivity contribution >= 4 is 22.8 Å². The largest absolute Gasteiger partial charge is 0.442 e. The zero-order valence-corrected chi connectivity index (χ0v) is 16.1. The Balaban J connectivity index is 1.65. The molecular weight excluding hydrogens is 346 g/mol. The summed E-state index contributed by atoms with van der Waals surface area (Å²) in [6.45, 7) is 11.2. The number of piperazine rings is 1. The summed E-state index contributed by atoms with van der Waals surface area (Å²) in [5, 5.41) is 0.734. The predicted molar refractivity (Wildman–Crippen MR) is 102 cm³/mol. The molecule has 2 aliphatic rings. The number of ether oxygens (including phenoxy) is 1. The average molecular weight is 373 g/mol. The fourth-order valence-corrected chi connectivity index (χ4v) is 3.95. The zero-order valence-electron chi connectivity index (χ0n) is 16.1. The van der Waals surface area contributed by atoms with Crippen molar-refractivity contribution in [2.24, 2.45) is 0 Å². The monoisotopic (exact) mass is 373 g/mol. The van der Waals surface area contributed by atoms with Crippen LogP contribution in [-0.4, -0.2) is 84.7 Å². The number of hydrogen-bond acceptors (Lipinski definition) is 7. The number of furan rings is 1. The van der Waals surface area contributed by atoms with Crippen LogP contribution in [0.15, 0.2) is 10.7 Å². The molecular formula is C19H27N5O3. The molecule has 0 radical (unpaired) electrons. The molecule has 2 aromatic heterocycles. The van der Waals surface area contributed by atoms with Crippen LogP contribution in [0, 0.1) is 6.92 Å². The van der Waals surface area contributed by atoms with Gasteiger partial charge in [-0.3, -0.25) is 9.69 Å². The van der Waals surface area contributed by atoms with E-state index in [1.54, 1.807) is 0 Å². The Hall–Kier alpha value is -2.19. The van der Waals surface area contributed by atoms with Gasteiger partial charge in [0.15, 0.2) is 0 Å². The second kappa shape index (κ2) is 7.82. The highest BCUT2D eigenvalue weighted by Crippen LogP contribution is 2.32. The Morgan fingerprint density at radius 1 is 1.11 bits per heavy atom. The summed E-state index contributed by atoms with van der Waals surface area (Å²) in [4.78, 5) is 28.6. The Morgan fingerprint density at radius 3 is 2.56 bits per heavy atom. The maximum Gasteiger partial charge on any atom is 0.258 e. The number of amides is 1. The lowest BCUT2D eigenvalue weighted by Gasteiger charge is -2.34. The van der Waals surface area contributed by atoms with E-state index < -0.39 is 0 Å². The number of fused-ring (bicyclic) bond motifs is 1. The number of carbonyl (C=O) groups excluding carboxylic acids is 1. The number of nitrogens with zero attached hydrogens (tertiary/aromatic N) is 5. The van der Waals surface area contributed by atoms with E-state index in [0.29, 0.717) is 30.3 Å². The molecule has 2 aromatic rings. The third-order valence-electron chi connectivity index (χ3n) is 5.37. The quantitative estimate of drug-likeness (QED) is 0.805. The van der Waals surface area contributed by atoms with E-state index in [2.05, 4.69) is 26.7 Å². The number of morpholine rings is 1. The Bertz CT molecular complexity index is 807. The van der Waals surface area contributed by atoms with Crippen molar-refractivity contribution in [2.75, 3.05) is 63.9 Å². The summed E-state index contributed by atoms with van der Waals surface area (Å²) in [6.07, 6.45) is 2.65. The predicted octanol–water partition coefficient (Wildman–Crippen LogP) is 1.54. The summed E-state index contributed by atoms with van der Waals surface area (Å²) in [6, 6.07) is 0. The first kappa shape index (κ1) is 18.2. The van der Waals surface area contributed by atoms with Crippen LogP contribution < -0.4 is 4.90 Å². The van der Waals surface area contributed by atoms with Crippen molar-refractivity contribution in [1.82, 2.24) is 19.8 Å². The van der Waals surface area contributed by atoms with Crippen LogP contribution >= 0.6 is 0 Å². The number of aryl methyl sites for hydroxylation is 1. The molecule has 0 spiro atoms. The minimum Gasteiger partial charge on any atom is -0.442 e. The van der Waals surface area contributed by atoms with Gasteiger partial charge in [0.05, 0.1) is 24.2 Å². The van der Waals surface area contributed by atoms with E-state index in [0.717, 1.165) is 63.4 Å². The molecule has 4 heterocycles. The smallest absolute Gasteiger partial charge is 0.258 e. The van der Waals surface area contributed by atoms with Crippen LogP contribution in [0.2, 0.25) is 0 Å². The minimum atomic E-state index is 0.0201. The van der Waals surface area contributed by atoms with Crippen LogP contribution in [0.1, 0.15) is 29.5 Å². The highest BCUT2D eigenvalue weighted by Gasteiger charge is 2.30. The number of anilines is 1. The molecule has 2 saturated heterocycles. The maximum absolute atomic E-state index is 13.3. The van der Waals surface area contributed by atoms with Crippen LogP contribution in [0.3, 0.4) is 0 Å². The molecule has 0 N–H and O–H groups in total. The molecule has 2 fully saturated rings. The number of carbonyl (C=O) groups is 1. The number of hydrogen-bond donors (Lipinski definition) is 0. The van der Waals surface area contributed by atoms with Gasteiger partial charge >= 0.3 is 0 Å². The van der Waals surface area contributed by atoms with Crippen molar-refractivity contribution in [3.05, 3.63) is 17.7 Å². The zero-order chi connectivity index (χ0) is 18.8. The lowest BCUT2D eigenvalue weighted by molar-refractivity contribution is 0.0637. The van der Waals surface area contributed by atoms with E-state index >= 15 is 0 Å². The van der Waals surface area contributed by atoms with Crippen molar-refractivity contribution in [2.45, 2.75) is 20.3 Å². The first-order chi connectivity index (χ1) is 13.2. The van der Waals surface area contributed by atoms with Crippen LogP contribution in [0.25, 0.3) is 11.1 Å². The van der Waals surface area contributed by atoms with Crippen molar-refractivity contribution in [1.29, 1.82) is 0 Å². The van der Waals surface area contributed by atoms with Gasteiger partial charge in [0.2, 0.25) is 5.71 Å². The third kappa shape index (κ3) is 3.51. The molecule has 0 saturated carbocycles. The summed E-state index contributed by atoms with van der Waals surface area (Å²) in [5.41, 5.74) is 1.09. The topological polar surface area (TPSA) is 74.9 Å². The van der Waals surface area contributed by atoms with Gasteiger partial charge in [-0.15, -0.1) is 0 Å². The molecule has 1 amide bonds. The van der Waals surface area contributed by atoms with E-state index in [1.807, 2.05) is 11.8 Å². The summed E-state index contributed by atoms with van der Waals surface area (Å²) in [5.74, 6) is 1.40. The number of aromatic nitrogens is 2. The van der Waals surface area contributed by atoms with Crippen molar-refractivity contribution in [3.8, 4) is 0 Å². The van der Waals surface area contributed by atoms with Gasteiger partial charge in [-0.2, -0.15) is 0 Å². The van der Waals surface area contributed by atoms with Crippen molar-refractivity contribution in [3.63, 3.8) is 0 Å². The van der Waals surface area contributed by atoms with Crippen LogP contribution in [0.4, 0.5) is 5.82 Å². The van der Waals surface area contributed by atoms with Gasteiger partial charge < -0.3 is 19.0 Å². The molecule has 0 bridgehead atoms. The highest BCUT2D eigenvalue weighted by molar-refractivity contribution is 6.10. The second-order valence-corrected chi connectivity index (χ2v) is 7.14. The fourth-order valence-electron chi connectivity index (χ4n) is 3.95. The van der Waals surface area contributed by atoms with Gasteiger partial charge in [0.25, 0.3) is 5.91 Å². The Kier molecular flexibility index (Phi) is 5.27. The molecule has 2 aliphatic heterocycles. The molecule has 0 aliphatic carbocycles. The normalized spacial score (nSPS) is 19.0. The molecule has 27 heavy (non-hydrogen) atoms. The van der Waals surface area contributed by atoms with Gasteiger partial charge in [-0.05, 0) is 19.9 Å². The molecule has 0 aromatic carbocycles. The summed E-state index contributed by atoms with van der Waals surface area (Å²) >= 11 is 0. The van der Waals surface area contributed by atoms with Gasteiger partial charge in [-0.1, -0.05) is 6.92 Å². The molecule has 8 nitrogen and oxygen atoms in total. The Morgan fingerprint density at radius 2 is 1.85 bits per heavy atom. The van der Waals surface area contributed by atoms with Gasteiger partial charge in [-0.25, -0.2) is 9.97 Å². The standard InChI is InChI=1S/C19H27N5O3/c1-3-4-22-5-7-24(8-6-22)19(25)15-14(2)27-18-16(15)17(20-13-21-18)23-9-11-26-12-10-23/h13H,3-12H2,1-2H3. The lowest BCUT2D eigenvalue weighted by Crippen LogP contribution is -2.48. The minimum absolute atomic E-state index is 0.0201. The first-order valence-electron chi connectivity index (χ1n) is 9.77. The van der Waals surface area contributed by atoms with Crippen LogP contribution in [0.5, 0.6) is 0 Å². The lowest BCUT2D eigenvalue weighted by atomic mass is 10.1. The molecule has 4 rings (SSSR count). The van der Waals surface area contributed by atoms with E-state index in [4.69, 9.17) is 9.15 Å². The molecule has 8 heteroatoms. The molecule has 0 atom stereocenters. The SMILES string of the molecule is CCCN1CCN(C(=O)c2c(C)oc3ncnc(N4CCOCC4)c23)CC1. The van der Waals surface area contributed by atoms with Crippen LogP contribution in [-0.2, 0) is 4.74 Å². The van der Waals surface area contributed by atoms with E-state index in [9.17, 15) is 4.79 Å². The number of rotatable bonds is 4. The Labute approximate surface area is 159 Å². The first-order valence-corrected chi connectivity index (χ1v) is 9.77. The average Bonchev–Trinajstić information content (AvgIpc) is 3.04. The third-order valence-corrected chi connectivity index (χ3v) is 5.37. The van der Waals surface area contributed by atoms with E-state index in [1.165, 1.54) is 6.33 Å². The second-order valence-electron chi connectivity index (χ2n) is 7.14. The fraction of sp³-hybridized carbons (Fsp3) is 0.632. The van der Waals surface area contributed by atoms with Gasteiger partial charge in [0, 0.05) is 39.3 Å². The molecule has 0 unspecified atom stereocenters. The van der Waals surface area contributed by atoms with E-state index in [-0.39, 0.29) is 5.91 Å². The maximum atomic E-state index is 13.3. The molecule has 146 valence electrons. The van der Waals surface area contributed by atoms with Crippen molar-refractivity contribution < 1.29 is 13.9 Å².